The number of aromatic amines is 1. The number of anilines is 1. The molecule has 2 N–H and O–H groups in total. The van der Waals surface area contributed by atoms with E-state index in [9.17, 15) is 9.18 Å². The number of fused-ring (bicyclic) bond motifs is 1. The first-order valence-electron chi connectivity index (χ1n) is 7.95. The van der Waals surface area contributed by atoms with Gasteiger partial charge in [-0.15, -0.1) is 0 Å². The highest BCUT2D eigenvalue weighted by molar-refractivity contribution is 6.05. The number of hydrogen-bond donors (Lipinski definition) is 2. The second-order valence-electron chi connectivity index (χ2n) is 5.82. The fourth-order valence-corrected chi connectivity index (χ4v) is 2.70. The molecule has 0 unspecified atom stereocenters. The van der Waals surface area contributed by atoms with Gasteiger partial charge in [0.2, 0.25) is 0 Å². The predicted octanol–water partition coefficient (Wildman–Crippen LogP) is 3.72. The highest BCUT2D eigenvalue weighted by Crippen LogP contribution is 2.21. The van der Waals surface area contributed by atoms with Gasteiger partial charge in [0.25, 0.3) is 5.91 Å². The van der Waals surface area contributed by atoms with Gasteiger partial charge in [-0.05, 0) is 61.5 Å². The molecule has 0 aliphatic heterocycles. The number of pyridine rings is 1. The number of H-pyrrole nitrogens is 1. The Hall–Kier alpha value is -3.61. The summed E-state index contributed by atoms with van der Waals surface area (Å²) in [6.45, 7) is 1.77. The molecule has 0 bridgehead atoms. The Labute approximate surface area is 148 Å². The quantitative estimate of drug-likeness (QED) is 0.592. The Bertz CT molecular complexity index is 1100. The van der Waals surface area contributed by atoms with E-state index < -0.39 is 0 Å². The Balaban J connectivity index is 1.58. The zero-order valence-electron chi connectivity index (χ0n) is 13.8. The van der Waals surface area contributed by atoms with Crippen LogP contribution in [0.15, 0.2) is 54.6 Å². The second-order valence-corrected chi connectivity index (χ2v) is 5.82. The third-order valence-electron chi connectivity index (χ3n) is 4.04. The lowest BCUT2D eigenvalue weighted by Gasteiger charge is -2.09. The van der Waals surface area contributed by atoms with Gasteiger partial charge in [-0.25, -0.2) is 4.39 Å². The molecule has 0 saturated carbocycles. The third-order valence-corrected chi connectivity index (χ3v) is 4.04. The molecule has 6 nitrogen and oxygen atoms in total. The molecule has 0 fully saturated rings. The van der Waals surface area contributed by atoms with Crippen LogP contribution in [0.4, 0.5) is 10.1 Å². The molecule has 4 aromatic rings. The van der Waals surface area contributed by atoms with Crippen molar-refractivity contribution in [1.29, 1.82) is 0 Å². The molecule has 0 aliphatic carbocycles. The van der Waals surface area contributed by atoms with E-state index in [0.29, 0.717) is 28.2 Å². The van der Waals surface area contributed by atoms with E-state index >= 15 is 0 Å². The van der Waals surface area contributed by atoms with Crippen molar-refractivity contribution in [3.8, 4) is 11.3 Å². The van der Waals surface area contributed by atoms with Crippen LogP contribution in [0.1, 0.15) is 16.1 Å². The van der Waals surface area contributed by atoms with Crippen molar-refractivity contribution in [1.82, 2.24) is 20.4 Å². The van der Waals surface area contributed by atoms with Gasteiger partial charge in [-0.1, -0.05) is 0 Å². The van der Waals surface area contributed by atoms with Gasteiger partial charge in [0.1, 0.15) is 16.9 Å². The minimum Gasteiger partial charge on any atom is -0.322 e. The first kappa shape index (κ1) is 15.9. The molecule has 2 aromatic carbocycles. The van der Waals surface area contributed by atoms with Crippen molar-refractivity contribution >= 4 is 22.6 Å². The molecular formula is C19H14FN5O. The Morgan fingerprint density at radius 2 is 1.77 bits per heavy atom. The minimum absolute atomic E-state index is 0.261. The number of carbonyl (C=O) groups excluding carboxylic acids is 1. The normalized spacial score (nSPS) is 10.8. The number of amides is 1. The van der Waals surface area contributed by atoms with Crippen molar-refractivity contribution < 1.29 is 9.18 Å². The second kappa shape index (κ2) is 6.36. The third kappa shape index (κ3) is 3.02. The number of carbonyl (C=O) groups is 1. The van der Waals surface area contributed by atoms with Crippen LogP contribution in [-0.2, 0) is 0 Å². The van der Waals surface area contributed by atoms with Crippen LogP contribution in [-0.4, -0.2) is 26.3 Å². The Morgan fingerprint density at radius 1 is 1.00 bits per heavy atom. The van der Waals surface area contributed by atoms with E-state index in [4.69, 9.17) is 0 Å². The molecule has 4 rings (SSSR count). The van der Waals surface area contributed by atoms with Crippen LogP contribution in [0.5, 0.6) is 0 Å². The molecule has 2 aromatic heterocycles. The van der Waals surface area contributed by atoms with Gasteiger partial charge in [0.05, 0.1) is 17.0 Å². The largest absolute Gasteiger partial charge is 0.322 e. The van der Waals surface area contributed by atoms with Crippen LogP contribution in [0.2, 0.25) is 0 Å². The summed E-state index contributed by atoms with van der Waals surface area (Å²) in [5.74, 6) is -0.561. The fraction of sp³-hybridized carbons (Fsp3) is 0.0526. The van der Waals surface area contributed by atoms with Crippen LogP contribution < -0.4 is 5.32 Å². The number of benzene rings is 2. The number of nitrogens with one attached hydrogen (secondary N) is 2. The molecule has 0 saturated heterocycles. The number of rotatable bonds is 3. The van der Waals surface area contributed by atoms with Gasteiger partial charge in [-0.2, -0.15) is 15.4 Å². The van der Waals surface area contributed by atoms with E-state index in [1.54, 1.807) is 49.4 Å². The van der Waals surface area contributed by atoms with Gasteiger partial charge >= 0.3 is 0 Å². The smallest absolute Gasteiger partial charge is 0.257 e. The number of nitrogens with zero attached hydrogens (tertiary/aromatic N) is 3. The summed E-state index contributed by atoms with van der Waals surface area (Å²) in [5, 5.41) is 13.4. The Kier molecular flexibility index (Phi) is 3.89. The van der Waals surface area contributed by atoms with E-state index in [0.717, 1.165) is 11.1 Å². The lowest BCUT2D eigenvalue weighted by molar-refractivity contribution is 0.102. The number of halogens is 1. The zero-order chi connectivity index (χ0) is 18.1. The SMILES string of the molecule is Cc1nc(-c2ccc(F)cc2)ccc1C(=O)Nc1ccc2n[nH]nc2c1. The lowest BCUT2D eigenvalue weighted by atomic mass is 10.1. The van der Waals surface area contributed by atoms with Crippen molar-refractivity contribution in [3.05, 3.63) is 71.7 Å². The predicted molar refractivity (Wildman–Crippen MR) is 96.2 cm³/mol. The molecular weight excluding hydrogens is 333 g/mol. The first-order valence-corrected chi connectivity index (χ1v) is 7.95. The molecule has 7 heteroatoms. The molecule has 2 heterocycles. The maximum atomic E-state index is 13.1. The van der Waals surface area contributed by atoms with Crippen molar-refractivity contribution in [2.24, 2.45) is 0 Å². The molecule has 0 radical (unpaired) electrons. The standard InChI is InChI=1S/C19H14FN5O/c1-11-15(7-9-16(21-11)12-2-4-13(20)5-3-12)19(26)22-14-6-8-17-18(10-14)24-25-23-17/h2-10H,1H3,(H,22,26)(H,23,24,25). The monoisotopic (exact) mass is 347 g/mol. The average Bonchev–Trinajstić information content (AvgIpc) is 3.10. The average molecular weight is 347 g/mol. The van der Waals surface area contributed by atoms with Gasteiger partial charge in [-0.3, -0.25) is 9.78 Å². The van der Waals surface area contributed by atoms with E-state index in [1.807, 2.05) is 0 Å². The highest BCUT2D eigenvalue weighted by Gasteiger charge is 2.12. The van der Waals surface area contributed by atoms with Crippen LogP contribution in [0, 0.1) is 12.7 Å². The maximum absolute atomic E-state index is 13.1. The van der Waals surface area contributed by atoms with Crippen molar-refractivity contribution in [2.75, 3.05) is 5.32 Å². The molecule has 128 valence electrons. The summed E-state index contributed by atoms with van der Waals surface area (Å²) < 4.78 is 13.1. The molecule has 26 heavy (non-hydrogen) atoms. The summed E-state index contributed by atoms with van der Waals surface area (Å²) in [5.41, 5.74) is 4.55. The van der Waals surface area contributed by atoms with Gasteiger partial charge in [0.15, 0.2) is 0 Å². The van der Waals surface area contributed by atoms with E-state index in [1.165, 1.54) is 12.1 Å². The fourth-order valence-electron chi connectivity index (χ4n) is 2.70. The van der Waals surface area contributed by atoms with Gasteiger partial charge < -0.3 is 5.32 Å². The van der Waals surface area contributed by atoms with E-state index in [2.05, 4.69) is 25.7 Å². The zero-order valence-corrected chi connectivity index (χ0v) is 13.8. The van der Waals surface area contributed by atoms with E-state index in [-0.39, 0.29) is 11.7 Å². The minimum atomic E-state index is -0.300. The van der Waals surface area contributed by atoms with Gasteiger partial charge in [0, 0.05) is 11.3 Å². The number of aryl methyl sites for hydroxylation is 1. The summed E-state index contributed by atoms with van der Waals surface area (Å²) in [7, 11) is 0. The highest BCUT2D eigenvalue weighted by atomic mass is 19.1. The summed E-state index contributed by atoms with van der Waals surface area (Å²) in [6.07, 6.45) is 0. The van der Waals surface area contributed by atoms with Crippen molar-refractivity contribution in [3.63, 3.8) is 0 Å². The van der Waals surface area contributed by atoms with Crippen LogP contribution in [0.25, 0.3) is 22.3 Å². The lowest BCUT2D eigenvalue weighted by Crippen LogP contribution is -2.14. The molecule has 1 amide bonds. The number of hydrogen-bond acceptors (Lipinski definition) is 4. The summed E-state index contributed by atoms with van der Waals surface area (Å²) in [4.78, 5) is 17.0. The maximum Gasteiger partial charge on any atom is 0.257 e. The van der Waals surface area contributed by atoms with Crippen LogP contribution in [0.3, 0.4) is 0 Å². The molecule has 0 spiro atoms. The van der Waals surface area contributed by atoms with Crippen molar-refractivity contribution in [2.45, 2.75) is 6.92 Å². The first-order chi connectivity index (χ1) is 12.6. The summed E-state index contributed by atoms with van der Waals surface area (Å²) in [6, 6.07) is 14.8. The molecule has 0 aliphatic rings. The Morgan fingerprint density at radius 3 is 2.54 bits per heavy atom. The number of aromatic nitrogens is 4. The van der Waals surface area contributed by atoms with Crippen LogP contribution >= 0.6 is 0 Å². The topological polar surface area (TPSA) is 83.6 Å². The molecule has 0 atom stereocenters. The summed E-state index contributed by atoms with van der Waals surface area (Å²) >= 11 is 0.